The Labute approximate surface area is 221 Å². The summed E-state index contributed by atoms with van der Waals surface area (Å²) in [5, 5.41) is 8.15. The third-order valence-corrected chi connectivity index (χ3v) is 5.06. The first-order chi connectivity index (χ1) is 18.4. The maximum atomic E-state index is 5.78. The van der Waals surface area contributed by atoms with E-state index in [-0.39, 0.29) is 0 Å². The Hall–Kier alpha value is -5.50. The number of anilines is 4. The molecule has 0 unspecified atom stereocenters. The van der Waals surface area contributed by atoms with Crippen LogP contribution < -0.4 is 32.4 Å². The van der Waals surface area contributed by atoms with Crippen molar-refractivity contribution in [1.29, 1.82) is 0 Å². The third-order valence-electron chi connectivity index (χ3n) is 5.06. The van der Waals surface area contributed by atoms with Gasteiger partial charge in [0, 0.05) is 40.9 Å². The monoisotopic (exact) mass is 504 g/mol. The summed E-state index contributed by atoms with van der Waals surface area (Å²) in [6, 6.07) is 36.4. The zero-order chi connectivity index (χ0) is 26.7. The number of nitrogens with two attached hydrogens (primary N) is 4. The average molecular weight is 505 g/mol. The molecule has 8 N–H and O–H groups in total. The first kappa shape index (κ1) is 25.6. The Morgan fingerprint density at radius 3 is 1.08 bits per heavy atom. The van der Waals surface area contributed by atoms with Gasteiger partial charge in [0.1, 0.15) is 23.0 Å². The van der Waals surface area contributed by atoms with Gasteiger partial charge in [-0.25, -0.2) is 0 Å². The highest BCUT2D eigenvalue weighted by Gasteiger charge is 2.02. The molecule has 0 fully saturated rings. The molecule has 0 aromatic heterocycles. The van der Waals surface area contributed by atoms with E-state index in [1.165, 1.54) is 0 Å². The van der Waals surface area contributed by atoms with E-state index in [0.717, 1.165) is 11.4 Å². The van der Waals surface area contributed by atoms with Gasteiger partial charge in [-0.2, -0.15) is 10.2 Å². The van der Waals surface area contributed by atoms with E-state index in [0.29, 0.717) is 45.7 Å². The molecule has 0 saturated carbocycles. The minimum Gasteiger partial charge on any atom is -0.457 e. The Morgan fingerprint density at radius 1 is 0.368 bits per heavy atom. The lowest BCUT2D eigenvalue weighted by Gasteiger charge is -2.09. The van der Waals surface area contributed by atoms with Crippen molar-refractivity contribution >= 4 is 34.1 Å². The van der Waals surface area contributed by atoms with Crippen molar-refractivity contribution < 1.29 is 9.47 Å². The zero-order valence-electron chi connectivity index (χ0n) is 20.6. The number of rotatable bonds is 6. The molecule has 0 aliphatic carbocycles. The zero-order valence-corrected chi connectivity index (χ0v) is 20.6. The normalized spacial score (nSPS) is 10.4. The number of nitrogens with zero attached hydrogens (tertiary/aromatic N) is 2. The Morgan fingerprint density at radius 2 is 0.711 bits per heavy atom. The predicted molar refractivity (Wildman–Crippen MR) is 154 cm³/mol. The number of azo groups is 1. The fraction of sp³-hybridized carbons (Fsp3) is 0. The second kappa shape index (κ2) is 12.5. The van der Waals surface area contributed by atoms with Gasteiger partial charge in [0.25, 0.3) is 0 Å². The van der Waals surface area contributed by atoms with Crippen LogP contribution in [0.25, 0.3) is 0 Å². The van der Waals surface area contributed by atoms with Gasteiger partial charge in [-0.3, -0.25) is 0 Å². The number of nitrogen functional groups attached to an aromatic ring is 4. The summed E-state index contributed by atoms with van der Waals surface area (Å²) in [7, 11) is 0. The van der Waals surface area contributed by atoms with Gasteiger partial charge >= 0.3 is 0 Å². The summed E-state index contributed by atoms with van der Waals surface area (Å²) in [5.74, 6) is 2.71. The smallest absolute Gasteiger partial charge is 0.131 e. The quantitative estimate of drug-likeness (QED) is 0.137. The largest absolute Gasteiger partial charge is 0.457 e. The standard InChI is InChI=1S/C18H16N2O2.C12H12N4/c19-13-4-1-6-15(10-13)21-17-8-3-9-18(12-17)22-16-7-2-5-14(20)11-16;13-9-1-5-11(6-2-9)15-16-12-7-3-10(14)4-8-12/h1-12H,19-20H2;1-8H,13-14H2. The molecule has 8 heteroatoms. The van der Waals surface area contributed by atoms with Crippen LogP contribution in [0.4, 0.5) is 34.1 Å². The summed E-state index contributed by atoms with van der Waals surface area (Å²) < 4.78 is 11.6. The molecule has 5 aromatic rings. The molecular weight excluding hydrogens is 476 g/mol. The molecule has 5 aromatic carbocycles. The topological polar surface area (TPSA) is 147 Å². The third kappa shape index (κ3) is 8.03. The van der Waals surface area contributed by atoms with E-state index in [1.807, 2.05) is 84.9 Å². The van der Waals surface area contributed by atoms with Crippen LogP contribution in [0, 0.1) is 0 Å². The maximum absolute atomic E-state index is 5.78. The van der Waals surface area contributed by atoms with Gasteiger partial charge in [-0.05, 0) is 84.9 Å². The van der Waals surface area contributed by atoms with Crippen molar-refractivity contribution in [3.63, 3.8) is 0 Å². The first-order valence-electron chi connectivity index (χ1n) is 11.7. The SMILES string of the molecule is Nc1ccc(N=Nc2ccc(N)cc2)cc1.Nc1cccc(Oc2cccc(Oc3cccc(N)c3)c2)c1. The highest BCUT2D eigenvalue weighted by Crippen LogP contribution is 2.29. The fourth-order valence-electron chi connectivity index (χ4n) is 3.23. The molecule has 0 aliphatic rings. The van der Waals surface area contributed by atoms with Gasteiger partial charge in [0.15, 0.2) is 0 Å². The lowest BCUT2D eigenvalue weighted by Crippen LogP contribution is -1.90. The molecule has 0 heterocycles. The highest BCUT2D eigenvalue weighted by molar-refractivity contribution is 5.50. The molecule has 0 amide bonds. The van der Waals surface area contributed by atoms with Gasteiger partial charge in [0.05, 0.1) is 11.4 Å². The van der Waals surface area contributed by atoms with Gasteiger partial charge in [-0.1, -0.05) is 18.2 Å². The van der Waals surface area contributed by atoms with Crippen LogP contribution >= 0.6 is 0 Å². The van der Waals surface area contributed by atoms with Crippen molar-refractivity contribution in [2.24, 2.45) is 10.2 Å². The molecule has 0 aliphatic heterocycles. The van der Waals surface area contributed by atoms with E-state index < -0.39 is 0 Å². The number of benzene rings is 5. The van der Waals surface area contributed by atoms with Crippen molar-refractivity contribution in [2.45, 2.75) is 0 Å². The number of ether oxygens (including phenoxy) is 2. The van der Waals surface area contributed by atoms with Gasteiger partial charge in [0.2, 0.25) is 0 Å². The average Bonchev–Trinajstić information content (AvgIpc) is 2.90. The predicted octanol–water partition coefficient (Wildman–Crippen LogP) is 7.70. The van der Waals surface area contributed by atoms with Crippen molar-refractivity contribution in [1.82, 2.24) is 0 Å². The minimum absolute atomic E-state index is 0.657. The van der Waals surface area contributed by atoms with Crippen molar-refractivity contribution in [2.75, 3.05) is 22.9 Å². The van der Waals surface area contributed by atoms with Crippen LogP contribution in [-0.4, -0.2) is 0 Å². The first-order valence-corrected chi connectivity index (χ1v) is 11.7. The van der Waals surface area contributed by atoms with E-state index in [2.05, 4.69) is 10.2 Å². The van der Waals surface area contributed by atoms with Gasteiger partial charge in [-0.15, -0.1) is 0 Å². The number of hydrogen-bond donors (Lipinski definition) is 4. The molecule has 0 atom stereocenters. The summed E-state index contributed by atoms with van der Waals surface area (Å²) in [5.41, 5.74) is 26.9. The van der Waals surface area contributed by atoms with Crippen LogP contribution in [0.5, 0.6) is 23.0 Å². The second-order valence-corrected chi connectivity index (χ2v) is 8.21. The molecule has 5 rings (SSSR count). The molecule has 0 bridgehead atoms. The van der Waals surface area contributed by atoms with E-state index >= 15 is 0 Å². The fourth-order valence-corrected chi connectivity index (χ4v) is 3.23. The van der Waals surface area contributed by atoms with Gasteiger partial charge < -0.3 is 32.4 Å². The Bertz CT molecular complexity index is 1390. The van der Waals surface area contributed by atoms with Crippen molar-refractivity contribution in [3.05, 3.63) is 121 Å². The van der Waals surface area contributed by atoms with Crippen LogP contribution in [0.2, 0.25) is 0 Å². The van der Waals surface area contributed by atoms with Crippen LogP contribution in [0.3, 0.4) is 0 Å². The van der Waals surface area contributed by atoms with E-state index in [9.17, 15) is 0 Å². The number of hydrogen-bond acceptors (Lipinski definition) is 8. The summed E-state index contributed by atoms with van der Waals surface area (Å²) in [4.78, 5) is 0. The second-order valence-electron chi connectivity index (χ2n) is 8.21. The Balaban J connectivity index is 0.000000186. The van der Waals surface area contributed by atoms with Crippen molar-refractivity contribution in [3.8, 4) is 23.0 Å². The molecule has 38 heavy (non-hydrogen) atoms. The molecule has 8 nitrogen and oxygen atoms in total. The maximum Gasteiger partial charge on any atom is 0.131 e. The lowest BCUT2D eigenvalue weighted by molar-refractivity contribution is 0.460. The highest BCUT2D eigenvalue weighted by atomic mass is 16.5. The molecule has 0 spiro atoms. The summed E-state index contributed by atoms with van der Waals surface area (Å²) >= 11 is 0. The minimum atomic E-state index is 0.657. The molecule has 190 valence electrons. The van der Waals surface area contributed by atoms with E-state index in [4.69, 9.17) is 32.4 Å². The summed E-state index contributed by atoms with van der Waals surface area (Å²) in [6.45, 7) is 0. The van der Waals surface area contributed by atoms with E-state index in [1.54, 1.807) is 36.4 Å². The molecular formula is C30H28N6O2. The Kier molecular flexibility index (Phi) is 8.39. The van der Waals surface area contributed by atoms with Crippen LogP contribution in [-0.2, 0) is 0 Å². The molecule has 0 radical (unpaired) electrons. The molecule has 0 saturated heterocycles. The lowest BCUT2D eigenvalue weighted by atomic mass is 10.3. The summed E-state index contributed by atoms with van der Waals surface area (Å²) in [6.07, 6.45) is 0. The van der Waals surface area contributed by atoms with Crippen LogP contribution in [0.1, 0.15) is 0 Å². The van der Waals surface area contributed by atoms with Crippen LogP contribution in [0.15, 0.2) is 132 Å².